The van der Waals surface area contributed by atoms with Crippen molar-refractivity contribution < 1.29 is 14.3 Å². The minimum atomic E-state index is -0.557. The van der Waals surface area contributed by atoms with E-state index in [9.17, 15) is 9.59 Å². The molecule has 2 amide bonds. The van der Waals surface area contributed by atoms with Gasteiger partial charge < -0.3 is 15.0 Å². The number of amides is 2. The minimum absolute atomic E-state index is 0.0365. The molecule has 2 rings (SSSR count). The summed E-state index contributed by atoms with van der Waals surface area (Å²) in [5.41, 5.74) is 0.476. The van der Waals surface area contributed by atoms with Crippen LogP contribution < -0.4 is 10.1 Å². The summed E-state index contributed by atoms with van der Waals surface area (Å²) in [5.74, 6) is 0.197. The SMILES string of the molecule is CC[C@H]1C/C=C/C[C@H](C)Oc2ccccc2C(=O)N(C)[C@@H](C)C(=O)N1. The van der Waals surface area contributed by atoms with Crippen molar-refractivity contribution in [1.29, 1.82) is 0 Å². The number of ether oxygens (including phenoxy) is 1. The van der Waals surface area contributed by atoms with Crippen molar-refractivity contribution in [3.63, 3.8) is 0 Å². The fourth-order valence-electron chi connectivity index (χ4n) is 2.75. The Bertz CT molecular complexity index is 642. The van der Waals surface area contributed by atoms with Gasteiger partial charge in [0.1, 0.15) is 11.8 Å². The summed E-state index contributed by atoms with van der Waals surface area (Å²) in [6.07, 6.45) is 6.49. The third-order valence-corrected chi connectivity index (χ3v) is 4.62. The van der Waals surface area contributed by atoms with Gasteiger partial charge >= 0.3 is 0 Å². The number of fused-ring (bicyclic) bond motifs is 1. The van der Waals surface area contributed by atoms with Gasteiger partial charge in [-0.15, -0.1) is 0 Å². The third kappa shape index (κ3) is 4.84. The molecule has 1 aromatic rings. The summed E-state index contributed by atoms with van der Waals surface area (Å²) in [6.45, 7) is 5.78. The van der Waals surface area contributed by atoms with E-state index in [0.717, 1.165) is 19.3 Å². The summed E-state index contributed by atoms with van der Waals surface area (Å²) >= 11 is 0. The molecule has 0 unspecified atom stereocenters. The lowest BCUT2D eigenvalue weighted by atomic mass is 10.1. The molecule has 1 aliphatic heterocycles. The zero-order valence-electron chi connectivity index (χ0n) is 15.5. The number of nitrogens with one attached hydrogen (secondary N) is 1. The summed E-state index contributed by atoms with van der Waals surface area (Å²) in [7, 11) is 1.65. The molecular weight excluding hydrogens is 316 g/mol. The number of nitrogens with zero attached hydrogens (tertiary/aromatic N) is 1. The molecule has 0 bridgehead atoms. The molecule has 0 fully saturated rings. The van der Waals surface area contributed by atoms with Crippen molar-refractivity contribution >= 4 is 11.8 Å². The first-order valence-electron chi connectivity index (χ1n) is 8.92. The van der Waals surface area contributed by atoms with E-state index in [1.165, 1.54) is 4.90 Å². The Labute approximate surface area is 150 Å². The molecular formula is C20H28N2O3. The van der Waals surface area contributed by atoms with E-state index in [1.807, 2.05) is 19.9 Å². The second kappa shape index (κ2) is 8.70. The molecule has 0 aliphatic carbocycles. The smallest absolute Gasteiger partial charge is 0.258 e. The summed E-state index contributed by atoms with van der Waals surface area (Å²) in [6, 6.07) is 6.70. The van der Waals surface area contributed by atoms with E-state index in [-0.39, 0.29) is 24.0 Å². The van der Waals surface area contributed by atoms with Crippen molar-refractivity contribution in [2.75, 3.05) is 7.05 Å². The first-order chi connectivity index (χ1) is 11.9. The summed E-state index contributed by atoms with van der Waals surface area (Å²) in [5, 5.41) is 3.04. The van der Waals surface area contributed by atoms with Crippen LogP contribution in [-0.2, 0) is 4.79 Å². The van der Waals surface area contributed by atoms with Gasteiger partial charge in [0.05, 0.1) is 11.7 Å². The minimum Gasteiger partial charge on any atom is -0.490 e. The van der Waals surface area contributed by atoms with Gasteiger partial charge in [-0.2, -0.15) is 0 Å². The van der Waals surface area contributed by atoms with Crippen LogP contribution in [0.25, 0.3) is 0 Å². The van der Waals surface area contributed by atoms with E-state index >= 15 is 0 Å². The highest BCUT2D eigenvalue weighted by Crippen LogP contribution is 2.22. The molecule has 1 heterocycles. The number of para-hydroxylation sites is 1. The number of likely N-dealkylation sites (N-methyl/N-ethyl adjacent to an activating group) is 1. The van der Waals surface area contributed by atoms with Crippen LogP contribution in [0.4, 0.5) is 0 Å². The quantitative estimate of drug-likeness (QED) is 0.796. The van der Waals surface area contributed by atoms with Crippen molar-refractivity contribution in [3.8, 4) is 5.75 Å². The van der Waals surface area contributed by atoms with Crippen molar-refractivity contribution in [3.05, 3.63) is 42.0 Å². The maximum absolute atomic E-state index is 12.9. The molecule has 3 atom stereocenters. The number of benzene rings is 1. The van der Waals surface area contributed by atoms with E-state index in [4.69, 9.17) is 4.74 Å². The highest BCUT2D eigenvalue weighted by molar-refractivity contribution is 5.99. The molecule has 5 nitrogen and oxygen atoms in total. The van der Waals surface area contributed by atoms with Gasteiger partial charge in [0.15, 0.2) is 0 Å². The highest BCUT2D eigenvalue weighted by Gasteiger charge is 2.26. The Morgan fingerprint density at radius 3 is 2.56 bits per heavy atom. The lowest BCUT2D eigenvalue weighted by Crippen LogP contribution is -2.48. The average Bonchev–Trinajstić information content (AvgIpc) is 2.61. The molecule has 0 aromatic heterocycles. The van der Waals surface area contributed by atoms with Crippen LogP contribution >= 0.6 is 0 Å². The Hall–Kier alpha value is -2.30. The van der Waals surface area contributed by atoms with Gasteiger partial charge in [0.2, 0.25) is 5.91 Å². The first-order valence-corrected chi connectivity index (χ1v) is 8.92. The summed E-state index contributed by atoms with van der Waals surface area (Å²) in [4.78, 5) is 26.9. The van der Waals surface area contributed by atoms with Crippen molar-refractivity contribution in [2.45, 2.75) is 58.2 Å². The number of hydrogen-bond donors (Lipinski definition) is 1. The van der Waals surface area contributed by atoms with Crippen LogP contribution in [0.2, 0.25) is 0 Å². The molecule has 0 saturated heterocycles. The van der Waals surface area contributed by atoms with E-state index in [0.29, 0.717) is 11.3 Å². The fourth-order valence-corrected chi connectivity index (χ4v) is 2.75. The molecule has 0 radical (unpaired) electrons. The van der Waals surface area contributed by atoms with Crippen LogP contribution in [0.15, 0.2) is 36.4 Å². The Morgan fingerprint density at radius 2 is 1.84 bits per heavy atom. The normalized spacial score (nSPS) is 26.9. The number of carbonyl (C=O) groups is 2. The standard InChI is InChI=1S/C20H28N2O3/c1-5-16-11-7-6-10-14(2)25-18-13-9-8-12-17(18)20(24)22(4)15(3)19(23)21-16/h6-9,12-16H,5,10-11H2,1-4H3,(H,21,23)/b7-6+/t14-,15-,16-/m0/s1. The largest absolute Gasteiger partial charge is 0.490 e. The molecule has 5 heteroatoms. The first kappa shape index (κ1) is 19.0. The van der Waals surface area contributed by atoms with Crippen LogP contribution in [0.1, 0.15) is 50.4 Å². The molecule has 1 aliphatic rings. The number of rotatable bonds is 1. The maximum atomic E-state index is 12.9. The zero-order valence-corrected chi connectivity index (χ0v) is 15.5. The van der Waals surface area contributed by atoms with Gasteiger partial charge in [-0.3, -0.25) is 9.59 Å². The van der Waals surface area contributed by atoms with Crippen LogP contribution in [-0.4, -0.2) is 41.9 Å². The van der Waals surface area contributed by atoms with Gasteiger partial charge in [0.25, 0.3) is 5.91 Å². The van der Waals surface area contributed by atoms with Gasteiger partial charge in [-0.25, -0.2) is 0 Å². The molecule has 1 N–H and O–H groups in total. The van der Waals surface area contributed by atoms with E-state index < -0.39 is 6.04 Å². The van der Waals surface area contributed by atoms with Gasteiger partial charge in [-0.05, 0) is 38.8 Å². The summed E-state index contributed by atoms with van der Waals surface area (Å²) < 4.78 is 5.98. The molecule has 25 heavy (non-hydrogen) atoms. The second-order valence-corrected chi connectivity index (χ2v) is 6.57. The molecule has 0 saturated carbocycles. The average molecular weight is 344 g/mol. The second-order valence-electron chi connectivity index (χ2n) is 6.57. The lowest BCUT2D eigenvalue weighted by Gasteiger charge is -2.27. The lowest BCUT2D eigenvalue weighted by molar-refractivity contribution is -0.125. The zero-order chi connectivity index (χ0) is 18.4. The third-order valence-electron chi connectivity index (χ3n) is 4.62. The van der Waals surface area contributed by atoms with E-state index in [2.05, 4.69) is 17.5 Å². The monoisotopic (exact) mass is 344 g/mol. The topological polar surface area (TPSA) is 58.6 Å². The molecule has 0 spiro atoms. The van der Waals surface area contributed by atoms with Gasteiger partial charge in [0, 0.05) is 19.5 Å². The van der Waals surface area contributed by atoms with E-state index in [1.54, 1.807) is 32.2 Å². The highest BCUT2D eigenvalue weighted by atomic mass is 16.5. The molecule has 136 valence electrons. The number of hydrogen-bond acceptors (Lipinski definition) is 3. The van der Waals surface area contributed by atoms with Crippen LogP contribution in [0.5, 0.6) is 5.75 Å². The Kier molecular flexibility index (Phi) is 6.62. The Morgan fingerprint density at radius 1 is 1.16 bits per heavy atom. The fraction of sp³-hybridized carbons (Fsp3) is 0.500. The van der Waals surface area contributed by atoms with Crippen LogP contribution in [0, 0.1) is 0 Å². The van der Waals surface area contributed by atoms with Crippen LogP contribution in [0.3, 0.4) is 0 Å². The molecule has 1 aromatic carbocycles. The van der Waals surface area contributed by atoms with Gasteiger partial charge in [-0.1, -0.05) is 31.2 Å². The Balaban J connectivity index is 2.34. The predicted octanol–water partition coefficient (Wildman–Crippen LogP) is 3.16. The number of carbonyl (C=O) groups excluding carboxylic acids is 2. The maximum Gasteiger partial charge on any atom is 0.258 e. The van der Waals surface area contributed by atoms with Crippen molar-refractivity contribution in [2.24, 2.45) is 0 Å². The van der Waals surface area contributed by atoms with Crippen molar-refractivity contribution in [1.82, 2.24) is 10.2 Å². The predicted molar refractivity (Wildman–Crippen MR) is 98.7 cm³/mol.